The monoisotopic (exact) mass is 331 g/mol. The quantitative estimate of drug-likeness (QED) is 0.853. The molecule has 0 radical (unpaired) electrons. The maximum Gasteiger partial charge on any atom is 0.273 e. The molecule has 0 aliphatic rings. The van der Waals surface area contributed by atoms with Gasteiger partial charge in [-0.3, -0.25) is 4.72 Å². The van der Waals surface area contributed by atoms with E-state index in [1.54, 1.807) is 12.1 Å². The van der Waals surface area contributed by atoms with Crippen molar-refractivity contribution in [2.45, 2.75) is 31.0 Å². The summed E-state index contributed by atoms with van der Waals surface area (Å²) in [7, 11) is -3.52. The Morgan fingerprint density at radius 3 is 2.75 bits per heavy atom. The fourth-order valence-electron chi connectivity index (χ4n) is 1.66. The number of hydrogen-bond donors (Lipinski definition) is 2. The van der Waals surface area contributed by atoms with Crippen LogP contribution in [0.25, 0.3) is 0 Å². The van der Waals surface area contributed by atoms with Gasteiger partial charge in [-0.1, -0.05) is 6.92 Å². The summed E-state index contributed by atoms with van der Waals surface area (Å²) in [5.74, 6) is 0. The molecule has 0 aliphatic heterocycles. The number of rotatable bonds is 6. The van der Waals surface area contributed by atoms with Gasteiger partial charge in [-0.05, 0) is 32.5 Å². The van der Waals surface area contributed by atoms with Crippen molar-refractivity contribution in [3.05, 3.63) is 28.1 Å². The van der Waals surface area contributed by atoms with Crippen LogP contribution in [0.15, 0.2) is 21.7 Å². The predicted molar refractivity (Wildman–Crippen MR) is 84.1 cm³/mol. The van der Waals surface area contributed by atoms with Gasteiger partial charge in [0, 0.05) is 16.3 Å². The first-order valence-corrected chi connectivity index (χ1v) is 9.38. The maximum absolute atomic E-state index is 12.2. The largest absolute Gasteiger partial charge is 0.309 e. The number of aromatic nitrogens is 1. The first kappa shape index (κ1) is 15.4. The molecule has 0 amide bonds. The lowest BCUT2D eigenvalue weighted by atomic mass is 10.3. The van der Waals surface area contributed by atoms with Crippen LogP contribution in [0.3, 0.4) is 0 Å². The Morgan fingerprint density at radius 1 is 1.40 bits per heavy atom. The number of nitrogens with zero attached hydrogens (tertiary/aromatic N) is 1. The van der Waals surface area contributed by atoms with Crippen LogP contribution in [0, 0.1) is 6.92 Å². The molecule has 0 fully saturated rings. The summed E-state index contributed by atoms with van der Waals surface area (Å²) in [6, 6.07) is 3.51. The average molecular weight is 331 g/mol. The van der Waals surface area contributed by atoms with Gasteiger partial charge >= 0.3 is 0 Å². The Morgan fingerprint density at radius 2 is 2.15 bits per heavy atom. The minimum absolute atomic E-state index is 0.110. The van der Waals surface area contributed by atoms with Gasteiger partial charge in [0.1, 0.15) is 4.21 Å². The van der Waals surface area contributed by atoms with Crippen LogP contribution < -0.4 is 10.0 Å². The lowest BCUT2D eigenvalue weighted by Crippen LogP contribution is -2.18. The van der Waals surface area contributed by atoms with Crippen molar-refractivity contribution < 1.29 is 8.42 Å². The number of anilines is 1. The summed E-state index contributed by atoms with van der Waals surface area (Å²) < 4.78 is 27.2. The lowest BCUT2D eigenvalue weighted by Gasteiger charge is -2.08. The number of sulfonamides is 1. The van der Waals surface area contributed by atoms with E-state index in [9.17, 15) is 8.42 Å². The average Bonchev–Trinajstić information content (AvgIpc) is 2.98. The van der Waals surface area contributed by atoms with Crippen molar-refractivity contribution >= 4 is 37.8 Å². The minimum Gasteiger partial charge on any atom is -0.309 e. The van der Waals surface area contributed by atoms with Crippen molar-refractivity contribution in [3.63, 3.8) is 0 Å². The van der Waals surface area contributed by atoms with E-state index in [2.05, 4.69) is 15.0 Å². The second-order valence-electron chi connectivity index (χ2n) is 4.33. The van der Waals surface area contributed by atoms with Crippen LogP contribution in [0.1, 0.15) is 30.5 Å². The smallest absolute Gasteiger partial charge is 0.273 e. The van der Waals surface area contributed by atoms with Gasteiger partial charge in [0.05, 0.1) is 5.69 Å². The highest BCUT2D eigenvalue weighted by Crippen LogP contribution is 2.26. The molecule has 0 spiro atoms. The zero-order valence-corrected chi connectivity index (χ0v) is 14.0. The van der Waals surface area contributed by atoms with Gasteiger partial charge in [-0.15, -0.1) is 22.7 Å². The van der Waals surface area contributed by atoms with E-state index in [-0.39, 0.29) is 6.04 Å². The molecule has 110 valence electrons. The fourth-order valence-corrected chi connectivity index (χ4v) is 5.00. The van der Waals surface area contributed by atoms with E-state index >= 15 is 0 Å². The van der Waals surface area contributed by atoms with Gasteiger partial charge in [0.2, 0.25) is 0 Å². The third-order valence-corrected chi connectivity index (χ3v) is 6.41. The van der Waals surface area contributed by atoms with Gasteiger partial charge in [0.25, 0.3) is 10.0 Å². The van der Waals surface area contributed by atoms with Gasteiger partial charge in [0.15, 0.2) is 5.13 Å². The summed E-state index contributed by atoms with van der Waals surface area (Å²) in [5, 5.41) is 5.51. The fraction of sp³-hybridized carbons (Fsp3) is 0.417. The molecule has 0 aliphatic carbocycles. The molecule has 1 atom stereocenters. The standard InChI is InChI=1S/C12H17N3O2S3/c1-4-13-9(3)10-7-18-12(14-10)15-20(16,17)11-6-5-8(2)19-11/h5-7,9,13H,4H2,1-3H3,(H,14,15). The molecule has 0 saturated heterocycles. The maximum atomic E-state index is 12.2. The zero-order valence-electron chi connectivity index (χ0n) is 11.5. The third-order valence-electron chi connectivity index (χ3n) is 2.68. The van der Waals surface area contributed by atoms with Crippen molar-refractivity contribution in [3.8, 4) is 0 Å². The van der Waals surface area contributed by atoms with Crippen LogP contribution in [0.5, 0.6) is 0 Å². The minimum atomic E-state index is -3.52. The molecule has 8 heteroatoms. The van der Waals surface area contributed by atoms with Crippen LogP contribution in [0.4, 0.5) is 5.13 Å². The van der Waals surface area contributed by atoms with Crippen molar-refractivity contribution in [1.29, 1.82) is 0 Å². The lowest BCUT2D eigenvalue weighted by molar-refractivity contribution is 0.586. The van der Waals surface area contributed by atoms with Crippen molar-refractivity contribution in [2.75, 3.05) is 11.3 Å². The predicted octanol–water partition coefficient (Wildman–Crippen LogP) is 2.98. The molecule has 2 aromatic rings. The molecule has 0 aromatic carbocycles. The molecule has 2 rings (SSSR count). The van der Waals surface area contributed by atoms with Crippen LogP contribution in [-0.4, -0.2) is 19.9 Å². The first-order chi connectivity index (χ1) is 9.42. The number of thiophene rings is 1. The highest BCUT2D eigenvalue weighted by Gasteiger charge is 2.18. The number of thiazole rings is 1. The molecular weight excluding hydrogens is 314 g/mol. The van der Waals surface area contributed by atoms with E-state index < -0.39 is 10.0 Å². The molecule has 5 nitrogen and oxygen atoms in total. The second kappa shape index (κ2) is 6.21. The first-order valence-electron chi connectivity index (χ1n) is 6.20. The normalized spacial score (nSPS) is 13.3. The second-order valence-corrected chi connectivity index (χ2v) is 8.38. The summed E-state index contributed by atoms with van der Waals surface area (Å²) in [6.45, 7) is 6.74. The van der Waals surface area contributed by atoms with E-state index in [0.29, 0.717) is 9.34 Å². The van der Waals surface area contributed by atoms with E-state index in [4.69, 9.17) is 0 Å². The SMILES string of the molecule is CCNC(C)c1csc(NS(=O)(=O)c2ccc(C)s2)n1. The van der Waals surface area contributed by atoms with Crippen molar-refractivity contribution in [2.24, 2.45) is 0 Å². The van der Waals surface area contributed by atoms with Crippen LogP contribution >= 0.6 is 22.7 Å². The van der Waals surface area contributed by atoms with Crippen LogP contribution in [0.2, 0.25) is 0 Å². The van der Waals surface area contributed by atoms with Gasteiger partial charge in [-0.2, -0.15) is 0 Å². The van der Waals surface area contributed by atoms with Gasteiger partial charge < -0.3 is 5.32 Å². The van der Waals surface area contributed by atoms with E-state index in [0.717, 1.165) is 17.1 Å². The van der Waals surface area contributed by atoms with E-state index in [1.165, 1.54) is 22.7 Å². The Bertz CT molecular complexity index is 676. The Balaban J connectivity index is 2.14. The summed E-state index contributed by atoms with van der Waals surface area (Å²) in [5.41, 5.74) is 0.844. The molecule has 0 bridgehead atoms. The molecule has 20 heavy (non-hydrogen) atoms. The van der Waals surface area contributed by atoms with Gasteiger partial charge in [-0.25, -0.2) is 13.4 Å². The molecule has 2 heterocycles. The Kier molecular flexibility index (Phi) is 4.79. The zero-order chi connectivity index (χ0) is 14.8. The number of nitrogens with one attached hydrogen (secondary N) is 2. The van der Waals surface area contributed by atoms with Crippen LogP contribution in [-0.2, 0) is 10.0 Å². The Hall–Kier alpha value is -0.960. The molecule has 1 unspecified atom stereocenters. The summed E-state index contributed by atoms with van der Waals surface area (Å²) in [6.07, 6.45) is 0. The summed E-state index contributed by atoms with van der Waals surface area (Å²) in [4.78, 5) is 5.28. The summed E-state index contributed by atoms with van der Waals surface area (Å²) >= 11 is 2.54. The van der Waals surface area contributed by atoms with E-state index in [1.807, 2.05) is 26.2 Å². The Labute approximate surface area is 127 Å². The number of hydrogen-bond acceptors (Lipinski definition) is 6. The molecular formula is C12H17N3O2S3. The molecule has 2 aromatic heterocycles. The highest BCUT2D eigenvalue weighted by molar-refractivity contribution is 7.94. The molecule has 2 N–H and O–H groups in total. The number of aryl methyl sites for hydroxylation is 1. The molecule has 0 saturated carbocycles. The van der Waals surface area contributed by atoms with Crippen molar-refractivity contribution in [1.82, 2.24) is 10.3 Å². The third kappa shape index (κ3) is 3.57. The highest BCUT2D eigenvalue weighted by atomic mass is 32.2. The topological polar surface area (TPSA) is 71.1 Å².